The second-order valence-corrected chi connectivity index (χ2v) is 7.33. The van der Waals surface area contributed by atoms with Gasteiger partial charge in [-0.3, -0.25) is 4.79 Å². The molecule has 3 heterocycles. The summed E-state index contributed by atoms with van der Waals surface area (Å²) in [4.78, 5) is 15.3. The van der Waals surface area contributed by atoms with E-state index in [1.165, 1.54) is 0 Å². The zero-order chi connectivity index (χ0) is 15.4. The molecular weight excluding hydrogens is 320 g/mol. The van der Waals surface area contributed by atoms with Crippen LogP contribution in [0, 0.1) is 0 Å². The van der Waals surface area contributed by atoms with Crippen LogP contribution >= 0.6 is 23.1 Å². The molecule has 0 radical (unpaired) electrons. The van der Waals surface area contributed by atoms with E-state index in [4.69, 9.17) is 9.26 Å². The van der Waals surface area contributed by atoms with Crippen LogP contribution in [0.4, 0.5) is 0 Å². The molecule has 0 spiro atoms. The molecule has 1 atom stereocenters. The summed E-state index contributed by atoms with van der Waals surface area (Å²) < 4.78 is 10.6. The van der Waals surface area contributed by atoms with Gasteiger partial charge in [0.25, 0.3) is 0 Å². The van der Waals surface area contributed by atoms with E-state index in [1.54, 1.807) is 23.1 Å². The van der Waals surface area contributed by atoms with Crippen LogP contribution in [0.3, 0.4) is 0 Å². The normalized spacial score (nSPS) is 16.7. The van der Waals surface area contributed by atoms with Crippen molar-refractivity contribution in [2.45, 2.75) is 17.9 Å². The van der Waals surface area contributed by atoms with Gasteiger partial charge in [-0.25, -0.2) is 0 Å². The molecule has 0 aliphatic carbocycles. The van der Waals surface area contributed by atoms with Crippen LogP contribution < -0.4 is 0 Å². The van der Waals surface area contributed by atoms with Crippen molar-refractivity contribution < 1.29 is 14.1 Å². The summed E-state index contributed by atoms with van der Waals surface area (Å²) in [7, 11) is 0. The standard InChI is InChI=1S/C15H18N2O3S2/c1-11(15(18)17-4-6-19-7-5-17)22-10-12-9-13(20-16-12)14-3-2-8-21-14/h2-3,8-9,11H,4-7,10H2,1H3/t11-/m1/s1. The van der Waals surface area contributed by atoms with Crippen LogP contribution in [-0.2, 0) is 15.3 Å². The Morgan fingerprint density at radius 2 is 2.32 bits per heavy atom. The minimum absolute atomic E-state index is 0.0833. The molecule has 5 nitrogen and oxygen atoms in total. The predicted octanol–water partition coefficient (Wildman–Crippen LogP) is 2.88. The lowest BCUT2D eigenvalue weighted by atomic mass is 10.3. The fourth-order valence-electron chi connectivity index (χ4n) is 2.24. The van der Waals surface area contributed by atoms with Gasteiger partial charge < -0.3 is 14.2 Å². The summed E-state index contributed by atoms with van der Waals surface area (Å²) in [5.74, 6) is 1.64. The average Bonchev–Trinajstić information content (AvgIpc) is 3.23. The number of nitrogens with zero attached hydrogens (tertiary/aromatic N) is 2. The van der Waals surface area contributed by atoms with Crippen molar-refractivity contribution in [3.63, 3.8) is 0 Å². The maximum absolute atomic E-state index is 12.3. The minimum atomic E-state index is -0.0833. The quantitative estimate of drug-likeness (QED) is 0.839. The van der Waals surface area contributed by atoms with E-state index in [0.29, 0.717) is 32.1 Å². The van der Waals surface area contributed by atoms with Gasteiger partial charge in [-0.2, -0.15) is 0 Å². The highest BCUT2D eigenvalue weighted by atomic mass is 32.2. The first-order chi connectivity index (χ1) is 10.7. The number of thioether (sulfide) groups is 1. The molecule has 0 saturated carbocycles. The van der Waals surface area contributed by atoms with Crippen molar-refractivity contribution in [1.82, 2.24) is 10.1 Å². The van der Waals surface area contributed by atoms with Gasteiger partial charge in [0.2, 0.25) is 5.91 Å². The number of hydrogen-bond donors (Lipinski definition) is 0. The summed E-state index contributed by atoms with van der Waals surface area (Å²) in [6.07, 6.45) is 0. The molecule has 1 saturated heterocycles. The molecule has 2 aromatic rings. The van der Waals surface area contributed by atoms with E-state index < -0.39 is 0 Å². The molecule has 0 bridgehead atoms. The molecule has 2 aromatic heterocycles. The molecule has 1 fully saturated rings. The Labute approximate surface area is 137 Å². The average molecular weight is 338 g/mol. The third-order valence-electron chi connectivity index (χ3n) is 3.47. The van der Waals surface area contributed by atoms with Crippen LogP contribution in [0.5, 0.6) is 0 Å². The molecule has 0 aromatic carbocycles. The Hall–Kier alpha value is -1.31. The lowest BCUT2D eigenvalue weighted by molar-refractivity contribution is -0.134. The summed E-state index contributed by atoms with van der Waals surface area (Å²) in [6.45, 7) is 4.60. The smallest absolute Gasteiger partial charge is 0.235 e. The maximum atomic E-state index is 12.3. The van der Waals surface area contributed by atoms with Gasteiger partial charge >= 0.3 is 0 Å². The Kier molecular flexibility index (Phi) is 5.17. The molecule has 3 rings (SSSR count). The van der Waals surface area contributed by atoms with Gasteiger partial charge in [0.05, 0.1) is 29.0 Å². The molecular formula is C15H18N2O3S2. The highest BCUT2D eigenvalue weighted by Gasteiger charge is 2.23. The van der Waals surface area contributed by atoms with E-state index in [-0.39, 0.29) is 11.2 Å². The molecule has 1 amide bonds. The van der Waals surface area contributed by atoms with Crippen molar-refractivity contribution in [3.05, 3.63) is 29.3 Å². The third kappa shape index (κ3) is 3.71. The van der Waals surface area contributed by atoms with Crippen LogP contribution in [0.25, 0.3) is 10.6 Å². The summed E-state index contributed by atoms with van der Waals surface area (Å²) in [5, 5.41) is 6.01. The molecule has 0 N–H and O–H groups in total. The molecule has 0 unspecified atom stereocenters. The molecule has 1 aliphatic heterocycles. The molecule has 22 heavy (non-hydrogen) atoms. The van der Waals surface area contributed by atoms with Crippen LogP contribution in [-0.4, -0.2) is 47.5 Å². The Bertz CT molecular complexity index is 606. The van der Waals surface area contributed by atoms with Crippen molar-refractivity contribution in [2.75, 3.05) is 26.3 Å². The van der Waals surface area contributed by atoms with Gasteiger partial charge in [-0.15, -0.1) is 23.1 Å². The predicted molar refractivity (Wildman–Crippen MR) is 88.0 cm³/mol. The van der Waals surface area contributed by atoms with E-state index in [1.807, 2.05) is 35.4 Å². The number of ether oxygens (including phenoxy) is 1. The number of carbonyl (C=O) groups is 1. The van der Waals surface area contributed by atoms with Gasteiger partial charge in [-0.05, 0) is 18.4 Å². The van der Waals surface area contributed by atoms with Crippen molar-refractivity contribution in [2.24, 2.45) is 0 Å². The van der Waals surface area contributed by atoms with Crippen molar-refractivity contribution in [1.29, 1.82) is 0 Å². The van der Waals surface area contributed by atoms with Crippen molar-refractivity contribution in [3.8, 4) is 10.6 Å². The first-order valence-corrected chi connectivity index (χ1v) is 9.14. The Balaban J connectivity index is 1.52. The SMILES string of the molecule is C[C@@H](SCc1cc(-c2cccs2)on1)C(=O)N1CCOCC1. The van der Waals surface area contributed by atoms with Gasteiger partial charge in [-0.1, -0.05) is 11.2 Å². The van der Waals surface area contributed by atoms with Crippen molar-refractivity contribution >= 4 is 29.0 Å². The number of carbonyl (C=O) groups excluding carboxylic acids is 1. The van der Waals surface area contributed by atoms with Gasteiger partial charge in [0.1, 0.15) is 0 Å². The number of amides is 1. The Morgan fingerprint density at radius 1 is 1.50 bits per heavy atom. The second kappa shape index (κ2) is 7.30. The van der Waals surface area contributed by atoms with Crippen LogP contribution in [0.15, 0.2) is 28.1 Å². The molecule has 7 heteroatoms. The van der Waals surface area contributed by atoms with Gasteiger partial charge in [0.15, 0.2) is 5.76 Å². The number of thiophene rings is 1. The number of morpholine rings is 1. The highest BCUT2D eigenvalue weighted by molar-refractivity contribution is 7.99. The Morgan fingerprint density at radius 3 is 3.05 bits per heavy atom. The zero-order valence-electron chi connectivity index (χ0n) is 12.4. The first-order valence-electron chi connectivity index (χ1n) is 7.21. The summed E-state index contributed by atoms with van der Waals surface area (Å²) in [5.41, 5.74) is 0.870. The second-order valence-electron chi connectivity index (χ2n) is 5.05. The van der Waals surface area contributed by atoms with E-state index >= 15 is 0 Å². The van der Waals surface area contributed by atoms with E-state index in [9.17, 15) is 4.79 Å². The maximum Gasteiger partial charge on any atom is 0.235 e. The summed E-state index contributed by atoms with van der Waals surface area (Å²) >= 11 is 3.21. The number of rotatable bonds is 5. The van der Waals surface area contributed by atoms with Gasteiger partial charge in [0, 0.05) is 24.9 Å². The molecule has 118 valence electrons. The number of hydrogen-bond acceptors (Lipinski definition) is 6. The lowest BCUT2D eigenvalue weighted by Gasteiger charge is -2.28. The highest BCUT2D eigenvalue weighted by Crippen LogP contribution is 2.27. The minimum Gasteiger partial charge on any atom is -0.378 e. The molecule has 1 aliphatic rings. The fourth-order valence-corrected chi connectivity index (χ4v) is 3.76. The van der Waals surface area contributed by atoms with Crippen LogP contribution in [0.1, 0.15) is 12.6 Å². The lowest BCUT2D eigenvalue weighted by Crippen LogP contribution is -2.44. The monoisotopic (exact) mass is 338 g/mol. The third-order valence-corrected chi connectivity index (χ3v) is 5.52. The first kappa shape index (κ1) is 15.6. The fraction of sp³-hybridized carbons (Fsp3) is 0.467. The summed E-state index contributed by atoms with van der Waals surface area (Å²) in [6, 6.07) is 5.94. The largest absolute Gasteiger partial charge is 0.378 e. The van der Waals surface area contributed by atoms with E-state index in [0.717, 1.165) is 16.3 Å². The zero-order valence-corrected chi connectivity index (χ0v) is 14.0. The van der Waals surface area contributed by atoms with E-state index in [2.05, 4.69) is 5.16 Å². The van der Waals surface area contributed by atoms with Crippen LogP contribution in [0.2, 0.25) is 0 Å². The number of aromatic nitrogens is 1. The topological polar surface area (TPSA) is 55.6 Å².